The van der Waals surface area contributed by atoms with Crippen LogP contribution in [0.5, 0.6) is 0 Å². The van der Waals surface area contributed by atoms with Crippen LogP contribution < -0.4 is 5.32 Å². The first-order valence-corrected chi connectivity index (χ1v) is 10.7. The normalized spacial score (nSPS) is 21.9. The second-order valence-electron chi connectivity index (χ2n) is 8.95. The summed E-state index contributed by atoms with van der Waals surface area (Å²) in [6.45, 7) is 7.83. The van der Waals surface area contributed by atoms with Crippen molar-refractivity contribution in [3.8, 4) is 0 Å². The van der Waals surface area contributed by atoms with Crippen molar-refractivity contribution in [1.29, 1.82) is 0 Å². The molecule has 0 unspecified atom stereocenters. The molecule has 1 aromatic rings. The van der Waals surface area contributed by atoms with Gasteiger partial charge in [-0.3, -0.25) is 0 Å². The Labute approximate surface area is 169 Å². The molecule has 0 bridgehead atoms. The Hall–Kier alpha value is -1.82. The number of pyridine rings is 1. The van der Waals surface area contributed by atoms with Crippen LogP contribution in [0, 0.1) is 0 Å². The highest BCUT2D eigenvalue weighted by Gasteiger charge is 2.30. The van der Waals surface area contributed by atoms with E-state index in [-0.39, 0.29) is 12.2 Å². The van der Waals surface area contributed by atoms with E-state index >= 15 is 0 Å². The third kappa shape index (κ3) is 6.36. The molecule has 1 saturated heterocycles. The van der Waals surface area contributed by atoms with E-state index in [1.807, 2.05) is 33.0 Å². The molecular formula is C22H35N3O3. The van der Waals surface area contributed by atoms with Gasteiger partial charge in [0.15, 0.2) is 0 Å². The third-order valence-electron chi connectivity index (χ3n) is 5.34. The maximum atomic E-state index is 12.1. The first-order chi connectivity index (χ1) is 13.4. The third-order valence-corrected chi connectivity index (χ3v) is 5.34. The van der Waals surface area contributed by atoms with Crippen molar-refractivity contribution >= 4 is 11.9 Å². The van der Waals surface area contributed by atoms with Crippen LogP contribution in [0.3, 0.4) is 0 Å². The molecule has 2 aliphatic heterocycles. The molecule has 0 radical (unpaired) electrons. The summed E-state index contributed by atoms with van der Waals surface area (Å²) in [6.07, 6.45) is 9.64. The number of amides is 1. The van der Waals surface area contributed by atoms with Crippen molar-refractivity contribution in [1.82, 2.24) is 9.88 Å². The molecule has 156 valence electrons. The average molecular weight is 390 g/mol. The van der Waals surface area contributed by atoms with Gasteiger partial charge in [0.1, 0.15) is 11.4 Å². The maximum absolute atomic E-state index is 12.1. The van der Waals surface area contributed by atoms with Crippen molar-refractivity contribution in [3.63, 3.8) is 0 Å². The summed E-state index contributed by atoms with van der Waals surface area (Å²) in [6, 6.07) is 4.72. The molecule has 1 N–H and O–H groups in total. The Kier molecular flexibility index (Phi) is 7.16. The van der Waals surface area contributed by atoms with Gasteiger partial charge in [-0.25, -0.2) is 9.78 Å². The summed E-state index contributed by atoms with van der Waals surface area (Å²) in [4.78, 5) is 18.3. The number of aryl methyl sites for hydroxylation is 1. The Morgan fingerprint density at radius 1 is 1.29 bits per heavy atom. The van der Waals surface area contributed by atoms with E-state index in [0.29, 0.717) is 12.6 Å². The first-order valence-electron chi connectivity index (χ1n) is 10.7. The number of carbonyl (C=O) groups is 1. The molecule has 28 heavy (non-hydrogen) atoms. The van der Waals surface area contributed by atoms with Gasteiger partial charge in [0.05, 0.1) is 12.6 Å². The molecule has 0 aliphatic carbocycles. The highest BCUT2D eigenvalue weighted by Crippen LogP contribution is 2.24. The lowest BCUT2D eigenvalue weighted by molar-refractivity contribution is 0.0206. The number of rotatable bonds is 7. The van der Waals surface area contributed by atoms with E-state index < -0.39 is 5.60 Å². The topological polar surface area (TPSA) is 63.7 Å². The summed E-state index contributed by atoms with van der Waals surface area (Å²) < 4.78 is 11.4. The second-order valence-corrected chi connectivity index (χ2v) is 8.95. The number of carbonyl (C=O) groups excluding carboxylic acids is 1. The molecule has 0 aromatic carbocycles. The number of nitrogens with zero attached hydrogens (tertiary/aromatic N) is 2. The molecule has 1 amide bonds. The monoisotopic (exact) mass is 389 g/mol. The maximum Gasteiger partial charge on any atom is 0.410 e. The van der Waals surface area contributed by atoms with Gasteiger partial charge in [-0.05, 0) is 64.5 Å². The molecule has 0 spiro atoms. The standard InChI is InChI=1S/C22H35N3O3/c1-22(2,3)28-21(26)25-14-12-19(16-25)27-15-6-4-5-9-18-11-10-17-8-7-13-23-20(17)24-18/h7-8,13,18-19H,4-6,9-12,14-16H2,1-3H3,(H,23,24)/t18-,19+/m0/s1. The highest BCUT2D eigenvalue weighted by molar-refractivity contribution is 5.68. The van der Waals surface area contributed by atoms with E-state index in [4.69, 9.17) is 9.47 Å². The number of likely N-dealkylation sites (tertiary alicyclic amines) is 1. The lowest BCUT2D eigenvalue weighted by Gasteiger charge is -2.26. The summed E-state index contributed by atoms with van der Waals surface area (Å²) in [7, 11) is 0. The van der Waals surface area contributed by atoms with Gasteiger partial charge in [-0.2, -0.15) is 0 Å². The van der Waals surface area contributed by atoms with Crippen molar-refractivity contribution in [2.45, 2.75) is 83.5 Å². The molecular weight excluding hydrogens is 354 g/mol. The van der Waals surface area contributed by atoms with E-state index in [1.165, 1.54) is 31.2 Å². The van der Waals surface area contributed by atoms with Crippen molar-refractivity contribution < 1.29 is 14.3 Å². The Balaban J connectivity index is 1.24. The van der Waals surface area contributed by atoms with Gasteiger partial charge < -0.3 is 19.7 Å². The van der Waals surface area contributed by atoms with Crippen LogP contribution in [0.15, 0.2) is 18.3 Å². The fourth-order valence-corrected chi connectivity index (χ4v) is 3.86. The quantitative estimate of drug-likeness (QED) is 0.701. The summed E-state index contributed by atoms with van der Waals surface area (Å²) >= 11 is 0. The van der Waals surface area contributed by atoms with Gasteiger partial charge in [0.2, 0.25) is 0 Å². The zero-order chi connectivity index (χ0) is 20.0. The van der Waals surface area contributed by atoms with E-state index in [0.717, 1.165) is 38.2 Å². The van der Waals surface area contributed by atoms with E-state index in [9.17, 15) is 4.79 Å². The number of aromatic nitrogens is 1. The molecule has 1 aromatic heterocycles. The van der Waals surface area contributed by atoms with Crippen LogP contribution in [0.1, 0.15) is 64.9 Å². The second kappa shape index (κ2) is 9.59. The Morgan fingerprint density at radius 2 is 2.14 bits per heavy atom. The molecule has 0 saturated carbocycles. The van der Waals surface area contributed by atoms with Gasteiger partial charge in [-0.15, -0.1) is 0 Å². The number of unbranched alkanes of at least 4 members (excludes halogenated alkanes) is 2. The lowest BCUT2D eigenvalue weighted by Crippen LogP contribution is -2.36. The molecule has 2 aliphatic rings. The largest absolute Gasteiger partial charge is 0.444 e. The van der Waals surface area contributed by atoms with Crippen LogP contribution in [0.25, 0.3) is 0 Å². The first kappa shape index (κ1) is 20.9. The highest BCUT2D eigenvalue weighted by atomic mass is 16.6. The van der Waals surface area contributed by atoms with Crippen molar-refractivity contribution in [2.75, 3.05) is 25.0 Å². The number of hydrogen-bond acceptors (Lipinski definition) is 5. The fraction of sp³-hybridized carbons (Fsp3) is 0.727. The molecule has 6 heteroatoms. The van der Waals surface area contributed by atoms with Crippen molar-refractivity contribution in [3.05, 3.63) is 23.9 Å². The molecule has 1 fully saturated rings. The SMILES string of the molecule is CC(C)(C)OC(=O)N1CC[C@@H](OCCCCC[C@H]2CCc3cccnc3N2)C1. The summed E-state index contributed by atoms with van der Waals surface area (Å²) in [5, 5.41) is 3.57. The van der Waals surface area contributed by atoms with Gasteiger partial charge in [0.25, 0.3) is 0 Å². The van der Waals surface area contributed by atoms with Crippen LogP contribution in [0.2, 0.25) is 0 Å². The Morgan fingerprint density at radius 3 is 2.96 bits per heavy atom. The van der Waals surface area contributed by atoms with Crippen LogP contribution in [-0.4, -0.2) is 53.4 Å². The van der Waals surface area contributed by atoms with Crippen LogP contribution >= 0.6 is 0 Å². The number of ether oxygens (including phenoxy) is 2. The van der Waals surface area contributed by atoms with Crippen LogP contribution in [-0.2, 0) is 15.9 Å². The predicted octanol–water partition coefficient (Wildman–Crippen LogP) is 4.39. The number of anilines is 1. The minimum atomic E-state index is -0.443. The number of hydrogen-bond donors (Lipinski definition) is 1. The van der Waals surface area contributed by atoms with Gasteiger partial charge in [0, 0.05) is 25.4 Å². The zero-order valence-corrected chi connectivity index (χ0v) is 17.6. The molecule has 6 nitrogen and oxygen atoms in total. The fourth-order valence-electron chi connectivity index (χ4n) is 3.86. The Bertz CT molecular complexity index is 644. The zero-order valence-electron chi connectivity index (χ0n) is 17.6. The summed E-state index contributed by atoms with van der Waals surface area (Å²) in [5.41, 5.74) is 0.894. The minimum absolute atomic E-state index is 0.148. The number of fused-ring (bicyclic) bond motifs is 1. The molecule has 2 atom stereocenters. The van der Waals surface area contributed by atoms with Crippen molar-refractivity contribution in [2.24, 2.45) is 0 Å². The summed E-state index contributed by atoms with van der Waals surface area (Å²) in [5.74, 6) is 1.07. The van der Waals surface area contributed by atoms with Gasteiger partial charge in [-0.1, -0.05) is 18.9 Å². The van der Waals surface area contributed by atoms with Crippen LogP contribution in [0.4, 0.5) is 10.6 Å². The minimum Gasteiger partial charge on any atom is -0.444 e. The number of nitrogens with one attached hydrogen (secondary N) is 1. The average Bonchev–Trinajstić information content (AvgIpc) is 3.12. The molecule has 3 rings (SSSR count). The smallest absolute Gasteiger partial charge is 0.410 e. The lowest BCUT2D eigenvalue weighted by atomic mass is 9.97. The van der Waals surface area contributed by atoms with E-state index in [1.54, 1.807) is 4.90 Å². The predicted molar refractivity (Wildman–Crippen MR) is 111 cm³/mol. The molecule has 3 heterocycles. The van der Waals surface area contributed by atoms with Gasteiger partial charge >= 0.3 is 6.09 Å². The van der Waals surface area contributed by atoms with E-state index in [2.05, 4.69) is 16.4 Å².